The normalized spacial score (nSPS) is 13.7. The zero-order chi connectivity index (χ0) is 10.8. The van der Waals surface area contributed by atoms with Crippen LogP contribution in [-0.4, -0.2) is 24.3 Å². The zero-order valence-electron chi connectivity index (χ0n) is 7.76. The maximum absolute atomic E-state index is 11.5. The molecular weight excluding hydrogens is 283 g/mol. The van der Waals surface area contributed by atoms with E-state index in [0.29, 0.717) is 35.3 Å². The zero-order valence-corrected chi connectivity index (χ0v) is 10.1. The molecule has 0 N–H and O–H groups in total. The summed E-state index contributed by atoms with van der Waals surface area (Å²) in [4.78, 5) is 11.5. The van der Waals surface area contributed by atoms with Crippen LogP contribution in [-0.2, 0) is 0 Å². The second kappa shape index (κ2) is 4.41. The van der Waals surface area contributed by atoms with Crippen molar-refractivity contribution in [2.75, 3.05) is 18.5 Å². The van der Waals surface area contributed by atoms with Crippen LogP contribution < -0.4 is 9.47 Å². The second-order valence-corrected chi connectivity index (χ2v) is 3.95. The van der Waals surface area contributed by atoms with Gasteiger partial charge in [-0.1, -0.05) is 27.5 Å². The lowest BCUT2D eigenvalue weighted by molar-refractivity contribution is 0.102. The standard InChI is InChI=1S/C10H8BrClO3/c11-5-7(13)6-1-2-8-10(9(6)12)15-4-3-14-8/h1-2H,3-5H2. The number of carbonyl (C=O) groups is 1. The van der Waals surface area contributed by atoms with Crippen LogP contribution in [0.2, 0.25) is 5.02 Å². The van der Waals surface area contributed by atoms with Gasteiger partial charge in [0, 0.05) is 5.56 Å². The smallest absolute Gasteiger partial charge is 0.180 e. The van der Waals surface area contributed by atoms with E-state index in [1.165, 1.54) is 0 Å². The summed E-state index contributed by atoms with van der Waals surface area (Å²) in [6.45, 7) is 0.966. The van der Waals surface area contributed by atoms with Crippen LogP contribution in [0.25, 0.3) is 0 Å². The lowest BCUT2D eigenvalue weighted by Crippen LogP contribution is -2.16. The van der Waals surface area contributed by atoms with Crippen molar-refractivity contribution in [3.8, 4) is 11.5 Å². The first-order chi connectivity index (χ1) is 7.24. The summed E-state index contributed by atoms with van der Waals surface area (Å²) in [5.41, 5.74) is 0.456. The summed E-state index contributed by atoms with van der Waals surface area (Å²) in [6, 6.07) is 3.36. The average Bonchev–Trinajstić information content (AvgIpc) is 2.29. The highest BCUT2D eigenvalue weighted by molar-refractivity contribution is 9.09. The van der Waals surface area contributed by atoms with Gasteiger partial charge in [0.1, 0.15) is 13.2 Å². The van der Waals surface area contributed by atoms with E-state index in [0.717, 1.165) is 0 Å². The van der Waals surface area contributed by atoms with E-state index in [1.54, 1.807) is 12.1 Å². The lowest BCUT2D eigenvalue weighted by atomic mass is 10.1. The molecule has 1 heterocycles. The van der Waals surface area contributed by atoms with Crippen molar-refractivity contribution in [2.45, 2.75) is 0 Å². The predicted molar refractivity (Wildman–Crippen MR) is 60.6 cm³/mol. The highest BCUT2D eigenvalue weighted by Gasteiger charge is 2.20. The van der Waals surface area contributed by atoms with Crippen LogP contribution in [0.15, 0.2) is 12.1 Å². The molecule has 3 nitrogen and oxygen atoms in total. The van der Waals surface area contributed by atoms with Crippen molar-refractivity contribution in [3.63, 3.8) is 0 Å². The van der Waals surface area contributed by atoms with Gasteiger partial charge >= 0.3 is 0 Å². The third kappa shape index (κ3) is 1.96. The maximum atomic E-state index is 11.5. The Morgan fingerprint density at radius 1 is 1.40 bits per heavy atom. The molecule has 0 bridgehead atoms. The topological polar surface area (TPSA) is 35.5 Å². The van der Waals surface area contributed by atoms with E-state index in [2.05, 4.69) is 15.9 Å². The SMILES string of the molecule is O=C(CBr)c1ccc2c(c1Cl)OCCO2. The van der Waals surface area contributed by atoms with Crippen molar-refractivity contribution >= 4 is 33.3 Å². The van der Waals surface area contributed by atoms with E-state index in [1.807, 2.05) is 0 Å². The fourth-order valence-corrected chi connectivity index (χ4v) is 1.99. The first-order valence-electron chi connectivity index (χ1n) is 4.41. The maximum Gasteiger partial charge on any atom is 0.180 e. The number of halogens is 2. The van der Waals surface area contributed by atoms with E-state index in [4.69, 9.17) is 21.1 Å². The molecule has 0 aromatic heterocycles. The first-order valence-corrected chi connectivity index (χ1v) is 5.91. The summed E-state index contributed by atoms with van der Waals surface area (Å²) in [5, 5.41) is 0.573. The fraction of sp³-hybridized carbons (Fsp3) is 0.300. The quantitative estimate of drug-likeness (QED) is 0.621. The van der Waals surface area contributed by atoms with Gasteiger partial charge in [-0.15, -0.1) is 0 Å². The van der Waals surface area contributed by atoms with Gasteiger partial charge < -0.3 is 9.47 Å². The summed E-state index contributed by atoms with van der Waals surface area (Å²) in [7, 11) is 0. The Balaban J connectivity index is 2.47. The summed E-state index contributed by atoms with van der Waals surface area (Å²) in [6.07, 6.45) is 0. The van der Waals surface area contributed by atoms with Gasteiger partial charge in [0.25, 0.3) is 0 Å². The molecule has 15 heavy (non-hydrogen) atoms. The van der Waals surface area contributed by atoms with Gasteiger partial charge in [-0.25, -0.2) is 0 Å². The minimum absolute atomic E-state index is 0.0722. The van der Waals surface area contributed by atoms with Gasteiger partial charge in [-0.3, -0.25) is 4.79 Å². The van der Waals surface area contributed by atoms with Gasteiger partial charge in [0.2, 0.25) is 0 Å². The highest BCUT2D eigenvalue weighted by atomic mass is 79.9. The average molecular weight is 292 g/mol. The number of ether oxygens (including phenoxy) is 2. The molecule has 0 unspecified atom stereocenters. The molecule has 0 aliphatic carbocycles. The number of Topliss-reactive ketones (excluding diaryl/α,β-unsaturated/α-hetero) is 1. The molecular formula is C10H8BrClO3. The number of hydrogen-bond acceptors (Lipinski definition) is 3. The van der Waals surface area contributed by atoms with Crippen LogP contribution in [0.3, 0.4) is 0 Å². The largest absolute Gasteiger partial charge is 0.486 e. The third-order valence-electron chi connectivity index (χ3n) is 2.07. The molecule has 1 aliphatic rings. The lowest BCUT2D eigenvalue weighted by Gasteiger charge is -2.20. The first kappa shape index (κ1) is 10.8. The van der Waals surface area contributed by atoms with E-state index < -0.39 is 0 Å². The molecule has 0 fully saturated rings. The number of fused-ring (bicyclic) bond motifs is 1. The predicted octanol–water partition coefficient (Wildman–Crippen LogP) is 2.69. The highest BCUT2D eigenvalue weighted by Crippen LogP contribution is 2.39. The third-order valence-corrected chi connectivity index (χ3v) is 2.95. The summed E-state index contributed by atoms with van der Waals surface area (Å²) in [5.74, 6) is 0.990. The molecule has 1 aliphatic heterocycles. The van der Waals surface area contributed by atoms with Crippen LogP contribution in [0.5, 0.6) is 11.5 Å². The second-order valence-electron chi connectivity index (χ2n) is 3.01. The Hall–Kier alpha value is -0.740. The van der Waals surface area contributed by atoms with E-state index in [9.17, 15) is 4.79 Å². The minimum Gasteiger partial charge on any atom is -0.486 e. The van der Waals surface area contributed by atoms with Crippen molar-refractivity contribution < 1.29 is 14.3 Å². The molecule has 2 rings (SSSR count). The van der Waals surface area contributed by atoms with Crippen LogP contribution in [0.4, 0.5) is 0 Å². The molecule has 80 valence electrons. The van der Waals surface area contributed by atoms with Crippen molar-refractivity contribution in [1.82, 2.24) is 0 Å². The molecule has 0 radical (unpaired) electrons. The Morgan fingerprint density at radius 2 is 2.13 bits per heavy atom. The number of ketones is 1. The molecule has 1 aromatic carbocycles. The van der Waals surface area contributed by atoms with Gasteiger partial charge in [0.15, 0.2) is 17.3 Å². The van der Waals surface area contributed by atoms with Crippen LogP contribution in [0, 0.1) is 0 Å². The Morgan fingerprint density at radius 3 is 2.87 bits per heavy atom. The number of alkyl halides is 1. The van der Waals surface area contributed by atoms with E-state index >= 15 is 0 Å². The monoisotopic (exact) mass is 290 g/mol. The number of carbonyl (C=O) groups excluding carboxylic acids is 1. The summed E-state index contributed by atoms with van der Waals surface area (Å²) < 4.78 is 10.7. The molecule has 0 spiro atoms. The van der Waals surface area contributed by atoms with Gasteiger partial charge in [-0.2, -0.15) is 0 Å². The van der Waals surface area contributed by atoms with Crippen molar-refractivity contribution in [1.29, 1.82) is 0 Å². The van der Waals surface area contributed by atoms with Crippen LogP contribution >= 0.6 is 27.5 Å². The Labute approximate surface area is 100 Å². The fourth-order valence-electron chi connectivity index (χ4n) is 1.37. The Bertz CT molecular complexity index is 406. The van der Waals surface area contributed by atoms with E-state index in [-0.39, 0.29) is 11.1 Å². The molecule has 0 saturated heterocycles. The molecule has 1 aromatic rings. The molecule has 5 heteroatoms. The van der Waals surface area contributed by atoms with Crippen LogP contribution in [0.1, 0.15) is 10.4 Å². The number of benzene rings is 1. The van der Waals surface area contributed by atoms with Crippen molar-refractivity contribution in [2.24, 2.45) is 0 Å². The van der Waals surface area contributed by atoms with Gasteiger partial charge in [0.05, 0.1) is 10.4 Å². The summed E-state index contributed by atoms with van der Waals surface area (Å²) >= 11 is 9.16. The Kier molecular flexibility index (Phi) is 3.17. The molecule has 0 atom stereocenters. The molecule has 0 amide bonds. The van der Waals surface area contributed by atoms with Crippen molar-refractivity contribution in [3.05, 3.63) is 22.7 Å². The number of hydrogen-bond donors (Lipinski definition) is 0. The van der Waals surface area contributed by atoms with Gasteiger partial charge in [-0.05, 0) is 12.1 Å². The minimum atomic E-state index is -0.0722. The molecule has 0 saturated carbocycles. The number of rotatable bonds is 2.